The van der Waals surface area contributed by atoms with Gasteiger partial charge in [0.15, 0.2) is 0 Å². The van der Waals surface area contributed by atoms with Crippen LogP contribution in [0.15, 0.2) is 24.0 Å². The zero-order chi connectivity index (χ0) is 14.6. The van der Waals surface area contributed by atoms with Gasteiger partial charge in [-0.1, -0.05) is 18.2 Å². The molecule has 3 unspecified atom stereocenters. The number of rotatable bonds is 5. The third kappa shape index (κ3) is 4.04. The van der Waals surface area contributed by atoms with Gasteiger partial charge in [-0.15, -0.1) is 0 Å². The predicted octanol–water partition coefficient (Wildman–Crippen LogP) is 0.277. The standard InChI is InChI=1S/C14H20O5/c1-8-3-4-10(5-9(8)2)6-11(16)13(18)14(19)12(17)7-15/h3-6,12-19H,7H2,1-2H3. The van der Waals surface area contributed by atoms with Crippen molar-refractivity contribution in [3.05, 3.63) is 40.6 Å². The monoisotopic (exact) mass is 268 g/mol. The maximum absolute atomic E-state index is 9.70. The number of hydrogen-bond acceptors (Lipinski definition) is 5. The molecule has 0 spiro atoms. The highest BCUT2D eigenvalue weighted by atomic mass is 16.4. The van der Waals surface area contributed by atoms with Crippen LogP contribution in [0.2, 0.25) is 0 Å². The lowest BCUT2D eigenvalue weighted by Gasteiger charge is -2.21. The Labute approximate surface area is 112 Å². The molecule has 0 saturated carbocycles. The topological polar surface area (TPSA) is 101 Å². The first kappa shape index (κ1) is 15.7. The summed E-state index contributed by atoms with van der Waals surface area (Å²) in [5.41, 5.74) is 2.81. The third-order valence-electron chi connectivity index (χ3n) is 3.05. The number of aliphatic hydroxyl groups excluding tert-OH is 5. The Morgan fingerprint density at radius 2 is 1.79 bits per heavy atom. The summed E-state index contributed by atoms with van der Waals surface area (Å²) in [7, 11) is 0. The van der Waals surface area contributed by atoms with Crippen molar-refractivity contribution in [3.63, 3.8) is 0 Å². The van der Waals surface area contributed by atoms with Crippen molar-refractivity contribution in [3.8, 4) is 0 Å². The first-order valence-corrected chi connectivity index (χ1v) is 5.99. The summed E-state index contributed by atoms with van der Waals surface area (Å²) < 4.78 is 0. The summed E-state index contributed by atoms with van der Waals surface area (Å²) in [6.45, 7) is 3.18. The molecular formula is C14H20O5. The molecule has 1 aromatic rings. The summed E-state index contributed by atoms with van der Waals surface area (Å²) in [5.74, 6) is -0.469. The fourth-order valence-electron chi connectivity index (χ4n) is 1.60. The fraction of sp³-hybridized carbons (Fsp3) is 0.429. The van der Waals surface area contributed by atoms with Crippen molar-refractivity contribution in [1.82, 2.24) is 0 Å². The Morgan fingerprint density at radius 1 is 1.16 bits per heavy atom. The van der Waals surface area contributed by atoms with Gasteiger partial charge in [0.05, 0.1) is 6.61 Å². The molecule has 106 valence electrons. The average molecular weight is 268 g/mol. The second kappa shape index (κ2) is 6.68. The van der Waals surface area contributed by atoms with Crippen molar-refractivity contribution in [2.75, 3.05) is 6.61 Å². The van der Waals surface area contributed by atoms with Crippen molar-refractivity contribution < 1.29 is 25.5 Å². The highest BCUT2D eigenvalue weighted by Crippen LogP contribution is 2.15. The van der Waals surface area contributed by atoms with E-state index in [0.29, 0.717) is 5.56 Å². The van der Waals surface area contributed by atoms with Crippen LogP contribution in [0.4, 0.5) is 0 Å². The van der Waals surface area contributed by atoms with Gasteiger partial charge in [-0.05, 0) is 36.6 Å². The largest absolute Gasteiger partial charge is 0.509 e. The quantitative estimate of drug-likeness (QED) is 0.494. The van der Waals surface area contributed by atoms with Crippen LogP contribution in [0.25, 0.3) is 6.08 Å². The van der Waals surface area contributed by atoms with Crippen LogP contribution in [-0.2, 0) is 0 Å². The lowest BCUT2D eigenvalue weighted by Crippen LogP contribution is -2.40. The highest BCUT2D eigenvalue weighted by molar-refractivity contribution is 5.54. The summed E-state index contributed by atoms with van der Waals surface area (Å²) in [6.07, 6.45) is -3.49. The lowest BCUT2D eigenvalue weighted by atomic mass is 10.0. The molecule has 0 aliphatic heterocycles. The first-order valence-electron chi connectivity index (χ1n) is 5.99. The van der Waals surface area contributed by atoms with E-state index in [0.717, 1.165) is 11.1 Å². The molecule has 0 radical (unpaired) electrons. The highest BCUT2D eigenvalue weighted by Gasteiger charge is 2.26. The second-order valence-electron chi connectivity index (χ2n) is 4.60. The molecular weight excluding hydrogens is 248 g/mol. The molecule has 0 heterocycles. The summed E-state index contributed by atoms with van der Waals surface area (Å²) >= 11 is 0. The Morgan fingerprint density at radius 3 is 2.32 bits per heavy atom. The van der Waals surface area contributed by atoms with Gasteiger partial charge in [-0.25, -0.2) is 0 Å². The second-order valence-corrected chi connectivity index (χ2v) is 4.60. The van der Waals surface area contributed by atoms with Gasteiger partial charge < -0.3 is 25.5 Å². The average Bonchev–Trinajstić information content (AvgIpc) is 2.40. The summed E-state index contributed by atoms with van der Waals surface area (Å²) in [5, 5.41) is 46.7. The molecule has 0 aliphatic carbocycles. The number of aliphatic hydroxyl groups is 5. The predicted molar refractivity (Wildman–Crippen MR) is 71.6 cm³/mol. The van der Waals surface area contributed by atoms with Crippen LogP contribution >= 0.6 is 0 Å². The Kier molecular flexibility index (Phi) is 5.50. The fourth-order valence-corrected chi connectivity index (χ4v) is 1.60. The van der Waals surface area contributed by atoms with E-state index in [2.05, 4.69) is 0 Å². The molecule has 5 nitrogen and oxygen atoms in total. The van der Waals surface area contributed by atoms with E-state index in [1.54, 1.807) is 6.07 Å². The number of benzene rings is 1. The van der Waals surface area contributed by atoms with Crippen LogP contribution in [-0.4, -0.2) is 50.5 Å². The minimum absolute atomic E-state index is 0.469. The van der Waals surface area contributed by atoms with E-state index < -0.39 is 30.7 Å². The van der Waals surface area contributed by atoms with Gasteiger partial charge in [-0.3, -0.25) is 0 Å². The molecule has 1 aromatic carbocycles. The first-order chi connectivity index (χ1) is 8.86. The van der Waals surface area contributed by atoms with Gasteiger partial charge in [0, 0.05) is 0 Å². The van der Waals surface area contributed by atoms with E-state index in [-0.39, 0.29) is 0 Å². The Bertz CT molecular complexity index is 455. The minimum atomic E-state index is -1.65. The van der Waals surface area contributed by atoms with Gasteiger partial charge >= 0.3 is 0 Å². The Balaban J connectivity index is 2.88. The van der Waals surface area contributed by atoms with Gasteiger partial charge in [0.25, 0.3) is 0 Å². The number of hydrogen-bond donors (Lipinski definition) is 5. The zero-order valence-corrected chi connectivity index (χ0v) is 11.0. The van der Waals surface area contributed by atoms with Crippen molar-refractivity contribution >= 4 is 6.08 Å². The molecule has 0 bridgehead atoms. The Hall–Kier alpha value is -1.40. The van der Waals surface area contributed by atoms with Crippen LogP contribution in [0, 0.1) is 13.8 Å². The van der Waals surface area contributed by atoms with Gasteiger partial charge in [0.1, 0.15) is 24.1 Å². The van der Waals surface area contributed by atoms with Gasteiger partial charge in [-0.2, -0.15) is 0 Å². The summed E-state index contributed by atoms with van der Waals surface area (Å²) in [6, 6.07) is 5.47. The van der Waals surface area contributed by atoms with Crippen LogP contribution in [0.3, 0.4) is 0 Å². The molecule has 0 aromatic heterocycles. The minimum Gasteiger partial charge on any atom is -0.509 e. The SMILES string of the molecule is Cc1ccc(C=C(O)C(O)C(O)C(O)CO)cc1C. The van der Waals surface area contributed by atoms with Crippen LogP contribution in [0.5, 0.6) is 0 Å². The zero-order valence-electron chi connectivity index (χ0n) is 11.0. The van der Waals surface area contributed by atoms with E-state index >= 15 is 0 Å². The molecule has 0 amide bonds. The molecule has 3 atom stereocenters. The normalized spacial score (nSPS) is 17.1. The smallest absolute Gasteiger partial charge is 0.139 e. The van der Waals surface area contributed by atoms with Crippen LogP contribution in [0.1, 0.15) is 16.7 Å². The lowest BCUT2D eigenvalue weighted by molar-refractivity contribution is -0.0735. The van der Waals surface area contributed by atoms with Crippen molar-refractivity contribution in [1.29, 1.82) is 0 Å². The molecule has 19 heavy (non-hydrogen) atoms. The third-order valence-corrected chi connectivity index (χ3v) is 3.05. The van der Waals surface area contributed by atoms with E-state index in [1.807, 2.05) is 26.0 Å². The van der Waals surface area contributed by atoms with E-state index in [1.165, 1.54) is 6.08 Å². The molecule has 0 aliphatic rings. The maximum atomic E-state index is 9.70. The summed E-state index contributed by atoms with van der Waals surface area (Å²) in [4.78, 5) is 0. The molecule has 0 saturated heterocycles. The molecule has 0 fully saturated rings. The van der Waals surface area contributed by atoms with Crippen LogP contribution < -0.4 is 0 Å². The van der Waals surface area contributed by atoms with Crippen molar-refractivity contribution in [2.24, 2.45) is 0 Å². The number of aryl methyl sites for hydroxylation is 2. The van der Waals surface area contributed by atoms with Gasteiger partial charge in [0.2, 0.25) is 0 Å². The molecule has 1 rings (SSSR count). The maximum Gasteiger partial charge on any atom is 0.139 e. The van der Waals surface area contributed by atoms with E-state index in [9.17, 15) is 20.4 Å². The molecule has 5 N–H and O–H groups in total. The molecule has 5 heteroatoms. The van der Waals surface area contributed by atoms with Crippen molar-refractivity contribution in [2.45, 2.75) is 32.2 Å². The van der Waals surface area contributed by atoms with E-state index in [4.69, 9.17) is 5.11 Å².